The van der Waals surface area contributed by atoms with Crippen molar-refractivity contribution in [2.24, 2.45) is 0 Å². The number of methoxy groups -OCH3 is 2. The van der Waals surface area contributed by atoms with Crippen LogP contribution in [0, 0.1) is 13.8 Å². The first-order chi connectivity index (χ1) is 13.6. The summed E-state index contributed by atoms with van der Waals surface area (Å²) in [7, 11) is 3.15. The van der Waals surface area contributed by atoms with Crippen LogP contribution in [0.3, 0.4) is 0 Å². The fourth-order valence-corrected chi connectivity index (χ4v) is 3.84. The maximum absolute atomic E-state index is 6.18. The van der Waals surface area contributed by atoms with Crippen LogP contribution in [0.5, 0.6) is 5.75 Å². The molecule has 0 saturated heterocycles. The predicted molar refractivity (Wildman–Crippen MR) is 115 cm³/mol. The summed E-state index contributed by atoms with van der Waals surface area (Å²) >= 11 is 0. The standard InChI is InChI=1S/C25H24O3/c1-16-13-18-9-5-7-11-20(18)22(14-16)23-21-12-8-6-10-19(21)15-17(2)24(23)28-25(26-3)27-4/h5-15,25H,1-4H3. The minimum absolute atomic E-state index is 0.769. The van der Waals surface area contributed by atoms with Crippen molar-refractivity contribution in [2.45, 2.75) is 20.3 Å². The molecule has 0 N–H and O–H groups in total. The summed E-state index contributed by atoms with van der Waals surface area (Å²) in [5, 5.41) is 4.73. The van der Waals surface area contributed by atoms with Gasteiger partial charge in [0.15, 0.2) is 0 Å². The van der Waals surface area contributed by atoms with Crippen LogP contribution >= 0.6 is 0 Å². The van der Waals surface area contributed by atoms with E-state index < -0.39 is 6.48 Å². The van der Waals surface area contributed by atoms with Crippen LogP contribution < -0.4 is 4.74 Å². The second kappa shape index (κ2) is 7.63. The average Bonchev–Trinajstić information content (AvgIpc) is 2.71. The van der Waals surface area contributed by atoms with Gasteiger partial charge in [-0.15, -0.1) is 0 Å². The van der Waals surface area contributed by atoms with Gasteiger partial charge in [0.1, 0.15) is 5.75 Å². The Kier molecular flexibility index (Phi) is 5.03. The quantitative estimate of drug-likeness (QED) is 0.389. The normalized spacial score (nSPS) is 11.5. The van der Waals surface area contributed by atoms with E-state index in [1.807, 2.05) is 0 Å². The van der Waals surface area contributed by atoms with Gasteiger partial charge in [0.25, 0.3) is 0 Å². The summed E-state index contributed by atoms with van der Waals surface area (Å²) < 4.78 is 16.8. The Labute approximate surface area is 165 Å². The van der Waals surface area contributed by atoms with Gasteiger partial charge >= 0.3 is 6.48 Å². The molecule has 0 unspecified atom stereocenters. The zero-order valence-corrected chi connectivity index (χ0v) is 16.7. The lowest BCUT2D eigenvalue weighted by Crippen LogP contribution is -2.21. The van der Waals surface area contributed by atoms with Crippen LogP contribution in [0.25, 0.3) is 32.7 Å². The van der Waals surface area contributed by atoms with Crippen molar-refractivity contribution in [3.05, 3.63) is 77.9 Å². The molecule has 4 aromatic carbocycles. The van der Waals surface area contributed by atoms with E-state index in [1.54, 1.807) is 14.2 Å². The topological polar surface area (TPSA) is 27.7 Å². The molecular formula is C25H24O3. The number of hydrogen-bond donors (Lipinski definition) is 0. The third-order valence-corrected chi connectivity index (χ3v) is 5.06. The Morgan fingerprint density at radius 3 is 2.00 bits per heavy atom. The first kappa shape index (κ1) is 18.5. The number of fused-ring (bicyclic) bond motifs is 2. The van der Waals surface area contributed by atoms with E-state index >= 15 is 0 Å². The van der Waals surface area contributed by atoms with Crippen molar-refractivity contribution in [2.75, 3.05) is 14.2 Å². The molecule has 0 spiro atoms. The third kappa shape index (κ3) is 3.24. The highest BCUT2D eigenvalue weighted by Crippen LogP contribution is 2.43. The van der Waals surface area contributed by atoms with Gasteiger partial charge in [0.05, 0.1) is 0 Å². The van der Waals surface area contributed by atoms with Gasteiger partial charge in [0.2, 0.25) is 0 Å². The lowest BCUT2D eigenvalue weighted by Gasteiger charge is -2.22. The molecule has 0 aliphatic heterocycles. The van der Waals surface area contributed by atoms with Gasteiger partial charge in [-0.2, -0.15) is 0 Å². The third-order valence-electron chi connectivity index (χ3n) is 5.06. The van der Waals surface area contributed by atoms with Crippen molar-refractivity contribution in [3.63, 3.8) is 0 Å². The minimum Gasteiger partial charge on any atom is -0.440 e. The fourth-order valence-electron chi connectivity index (χ4n) is 3.84. The van der Waals surface area contributed by atoms with Gasteiger partial charge in [0, 0.05) is 19.8 Å². The number of ether oxygens (including phenoxy) is 3. The maximum atomic E-state index is 6.18. The summed E-state index contributed by atoms with van der Waals surface area (Å²) in [5.41, 5.74) is 4.46. The van der Waals surface area contributed by atoms with Crippen LogP contribution in [0.2, 0.25) is 0 Å². The molecule has 0 aliphatic carbocycles. The van der Waals surface area contributed by atoms with E-state index in [0.29, 0.717) is 0 Å². The fraction of sp³-hybridized carbons (Fsp3) is 0.200. The maximum Gasteiger partial charge on any atom is 0.315 e. The van der Waals surface area contributed by atoms with E-state index in [2.05, 4.69) is 80.6 Å². The Hall–Kier alpha value is -2.88. The minimum atomic E-state index is -0.769. The van der Waals surface area contributed by atoms with Gasteiger partial charge in [-0.25, -0.2) is 0 Å². The van der Waals surface area contributed by atoms with Gasteiger partial charge < -0.3 is 14.2 Å². The summed E-state index contributed by atoms with van der Waals surface area (Å²) in [6.45, 7) is 3.42. The van der Waals surface area contributed by atoms with Crippen LogP contribution in [0.15, 0.2) is 66.7 Å². The SMILES string of the molecule is COC(OC)Oc1c(C)cc2ccccc2c1-c1cc(C)cc2ccccc12. The molecule has 0 amide bonds. The molecule has 0 radical (unpaired) electrons. The number of rotatable bonds is 5. The first-order valence-electron chi connectivity index (χ1n) is 9.36. The van der Waals surface area contributed by atoms with Crippen molar-refractivity contribution in [1.29, 1.82) is 0 Å². The number of aryl methyl sites for hydroxylation is 2. The zero-order valence-electron chi connectivity index (χ0n) is 16.7. The first-order valence-corrected chi connectivity index (χ1v) is 9.36. The lowest BCUT2D eigenvalue weighted by molar-refractivity contribution is -0.219. The Morgan fingerprint density at radius 1 is 0.714 bits per heavy atom. The van der Waals surface area contributed by atoms with Crippen LogP contribution in [-0.2, 0) is 9.47 Å². The Bertz CT molecular complexity index is 1140. The van der Waals surface area contributed by atoms with Gasteiger partial charge in [-0.3, -0.25) is 0 Å². The van der Waals surface area contributed by atoms with Crippen molar-refractivity contribution in [1.82, 2.24) is 0 Å². The molecule has 0 saturated carbocycles. The second-order valence-electron chi connectivity index (χ2n) is 7.03. The zero-order chi connectivity index (χ0) is 19.7. The Morgan fingerprint density at radius 2 is 1.32 bits per heavy atom. The number of hydrogen-bond acceptors (Lipinski definition) is 3. The summed E-state index contributed by atoms with van der Waals surface area (Å²) in [6, 6.07) is 23.5. The highest BCUT2D eigenvalue weighted by atomic mass is 16.8. The van der Waals surface area contributed by atoms with E-state index in [0.717, 1.165) is 27.8 Å². The van der Waals surface area contributed by atoms with Crippen LogP contribution in [0.4, 0.5) is 0 Å². The smallest absolute Gasteiger partial charge is 0.315 e. The molecule has 0 atom stereocenters. The summed E-state index contributed by atoms with van der Waals surface area (Å²) in [4.78, 5) is 0. The predicted octanol–water partition coefficient (Wildman–Crippen LogP) is 6.23. The highest BCUT2D eigenvalue weighted by molar-refractivity contribution is 6.08. The van der Waals surface area contributed by atoms with E-state index in [1.165, 1.54) is 21.7 Å². The molecule has 3 nitrogen and oxygen atoms in total. The van der Waals surface area contributed by atoms with E-state index in [9.17, 15) is 0 Å². The molecule has 4 aromatic rings. The lowest BCUT2D eigenvalue weighted by atomic mass is 9.90. The molecule has 3 heteroatoms. The average molecular weight is 372 g/mol. The molecular weight excluding hydrogens is 348 g/mol. The summed E-state index contributed by atoms with van der Waals surface area (Å²) in [5.74, 6) is 0.781. The molecule has 4 rings (SSSR count). The molecule has 142 valence electrons. The van der Waals surface area contributed by atoms with Crippen molar-refractivity contribution >= 4 is 21.5 Å². The monoisotopic (exact) mass is 372 g/mol. The molecule has 0 aromatic heterocycles. The number of benzene rings is 4. The second-order valence-corrected chi connectivity index (χ2v) is 7.03. The van der Waals surface area contributed by atoms with E-state index in [-0.39, 0.29) is 0 Å². The van der Waals surface area contributed by atoms with Crippen LogP contribution in [0.1, 0.15) is 11.1 Å². The van der Waals surface area contributed by atoms with Crippen molar-refractivity contribution in [3.8, 4) is 16.9 Å². The Balaban J connectivity index is 2.11. The summed E-state index contributed by atoms with van der Waals surface area (Å²) in [6.07, 6.45) is 0. The highest BCUT2D eigenvalue weighted by Gasteiger charge is 2.20. The van der Waals surface area contributed by atoms with Crippen LogP contribution in [-0.4, -0.2) is 20.7 Å². The van der Waals surface area contributed by atoms with E-state index in [4.69, 9.17) is 14.2 Å². The molecule has 0 aliphatic rings. The molecule has 0 heterocycles. The van der Waals surface area contributed by atoms with Gasteiger partial charge in [-0.05, 0) is 58.1 Å². The molecule has 0 fully saturated rings. The van der Waals surface area contributed by atoms with Gasteiger partial charge in [-0.1, -0.05) is 60.7 Å². The molecule has 28 heavy (non-hydrogen) atoms. The van der Waals surface area contributed by atoms with Crippen molar-refractivity contribution < 1.29 is 14.2 Å². The largest absolute Gasteiger partial charge is 0.440 e. The molecule has 0 bridgehead atoms.